The van der Waals surface area contributed by atoms with E-state index in [9.17, 15) is 8.78 Å². The molecule has 18 heavy (non-hydrogen) atoms. The Bertz CT molecular complexity index is 552. The highest BCUT2D eigenvalue weighted by molar-refractivity contribution is 5.70. The molecule has 1 aromatic heterocycles. The third-order valence-electron chi connectivity index (χ3n) is 3.15. The Kier molecular flexibility index (Phi) is 2.74. The van der Waals surface area contributed by atoms with E-state index in [0.29, 0.717) is 11.3 Å². The van der Waals surface area contributed by atoms with Gasteiger partial charge in [-0.15, -0.1) is 0 Å². The molecule has 0 saturated carbocycles. The average Bonchev–Trinajstić information content (AvgIpc) is 2.91. The van der Waals surface area contributed by atoms with Crippen molar-refractivity contribution in [1.82, 2.24) is 4.98 Å². The maximum Gasteiger partial charge on any atom is 0.264 e. The van der Waals surface area contributed by atoms with E-state index in [0.717, 1.165) is 30.6 Å². The summed E-state index contributed by atoms with van der Waals surface area (Å²) in [6.45, 7) is 0.831. The number of nitrogens with zero attached hydrogens (tertiary/aromatic N) is 1. The molecule has 1 aliphatic rings. The first kappa shape index (κ1) is 11.2. The molecule has 0 spiro atoms. The summed E-state index contributed by atoms with van der Waals surface area (Å²) >= 11 is 0. The molecule has 0 atom stereocenters. The first-order valence-electron chi connectivity index (χ1n) is 5.83. The van der Waals surface area contributed by atoms with Gasteiger partial charge in [-0.25, -0.2) is 13.8 Å². The normalized spacial score (nSPS) is 14.4. The van der Waals surface area contributed by atoms with Crippen LogP contribution in [-0.4, -0.2) is 11.5 Å². The van der Waals surface area contributed by atoms with Crippen LogP contribution in [0.25, 0.3) is 11.3 Å². The van der Waals surface area contributed by atoms with Crippen molar-refractivity contribution in [3.8, 4) is 11.3 Å². The monoisotopic (exact) mass is 250 g/mol. The smallest absolute Gasteiger partial charge is 0.264 e. The Morgan fingerprint density at radius 3 is 2.94 bits per heavy atom. The largest absolute Gasteiger partial charge is 0.444 e. The van der Waals surface area contributed by atoms with E-state index in [2.05, 4.69) is 10.3 Å². The fourth-order valence-electron chi connectivity index (χ4n) is 2.28. The molecule has 94 valence electrons. The molecule has 0 aliphatic carbocycles. The minimum Gasteiger partial charge on any atom is -0.444 e. The standard InChI is InChI=1S/C13H12F2N2O/c14-13(15)10-5-11-8(2-1-3-17-11)4-9(10)12-6-16-7-18-12/h4-7,13,17H,1-3H2. The van der Waals surface area contributed by atoms with Gasteiger partial charge in [0.05, 0.1) is 6.20 Å². The van der Waals surface area contributed by atoms with Gasteiger partial charge in [-0.1, -0.05) is 0 Å². The lowest BCUT2D eigenvalue weighted by Crippen LogP contribution is -2.12. The molecule has 1 aliphatic heterocycles. The Morgan fingerprint density at radius 2 is 2.22 bits per heavy atom. The van der Waals surface area contributed by atoms with Gasteiger partial charge >= 0.3 is 0 Å². The van der Waals surface area contributed by atoms with Crippen LogP contribution in [0.15, 0.2) is 29.1 Å². The number of halogens is 2. The maximum absolute atomic E-state index is 13.1. The van der Waals surface area contributed by atoms with Gasteiger partial charge in [0.25, 0.3) is 6.43 Å². The van der Waals surface area contributed by atoms with Crippen LogP contribution in [0, 0.1) is 0 Å². The number of rotatable bonds is 2. The number of fused-ring (bicyclic) bond motifs is 1. The van der Waals surface area contributed by atoms with Crippen molar-refractivity contribution >= 4 is 5.69 Å². The molecule has 0 bridgehead atoms. The van der Waals surface area contributed by atoms with Gasteiger partial charge < -0.3 is 9.73 Å². The minimum absolute atomic E-state index is 0.0140. The Morgan fingerprint density at radius 1 is 1.33 bits per heavy atom. The van der Waals surface area contributed by atoms with Crippen molar-refractivity contribution in [3.63, 3.8) is 0 Å². The molecule has 0 amide bonds. The summed E-state index contributed by atoms with van der Waals surface area (Å²) in [6, 6.07) is 3.31. The molecule has 2 heterocycles. The van der Waals surface area contributed by atoms with Gasteiger partial charge in [0.15, 0.2) is 12.2 Å². The summed E-state index contributed by atoms with van der Waals surface area (Å²) in [4.78, 5) is 3.78. The van der Waals surface area contributed by atoms with Crippen LogP contribution in [0.1, 0.15) is 24.0 Å². The van der Waals surface area contributed by atoms with E-state index >= 15 is 0 Å². The van der Waals surface area contributed by atoms with Gasteiger partial charge in [-0.2, -0.15) is 0 Å². The Labute approximate surface area is 103 Å². The topological polar surface area (TPSA) is 38.1 Å². The number of hydrogen-bond donors (Lipinski definition) is 1. The minimum atomic E-state index is -2.53. The zero-order chi connectivity index (χ0) is 12.5. The molecule has 1 aromatic carbocycles. The predicted octanol–water partition coefficient (Wildman–Crippen LogP) is 3.64. The van der Waals surface area contributed by atoms with E-state index in [1.165, 1.54) is 18.7 Å². The molecule has 0 radical (unpaired) electrons. The Hall–Kier alpha value is -1.91. The van der Waals surface area contributed by atoms with Crippen molar-refractivity contribution in [2.24, 2.45) is 0 Å². The molecular formula is C13H12F2N2O. The summed E-state index contributed by atoms with van der Waals surface area (Å²) in [5.41, 5.74) is 2.28. The molecule has 0 saturated heterocycles. The number of benzene rings is 1. The number of aryl methyl sites for hydroxylation is 1. The zero-order valence-corrected chi connectivity index (χ0v) is 9.62. The second-order valence-corrected chi connectivity index (χ2v) is 4.29. The summed E-state index contributed by atoms with van der Waals surface area (Å²) in [6.07, 6.45) is 2.09. The molecule has 3 nitrogen and oxygen atoms in total. The first-order chi connectivity index (χ1) is 8.75. The molecule has 3 rings (SSSR count). The number of aromatic nitrogens is 1. The van der Waals surface area contributed by atoms with E-state index in [1.54, 1.807) is 6.07 Å². The van der Waals surface area contributed by atoms with Crippen molar-refractivity contribution < 1.29 is 13.2 Å². The third kappa shape index (κ3) is 1.85. The van der Waals surface area contributed by atoms with Crippen molar-refractivity contribution in [2.45, 2.75) is 19.3 Å². The average molecular weight is 250 g/mol. The van der Waals surface area contributed by atoms with E-state index in [1.807, 2.05) is 0 Å². The maximum atomic E-state index is 13.1. The van der Waals surface area contributed by atoms with Crippen LogP contribution >= 0.6 is 0 Å². The predicted molar refractivity (Wildman–Crippen MR) is 63.7 cm³/mol. The van der Waals surface area contributed by atoms with Crippen molar-refractivity contribution in [1.29, 1.82) is 0 Å². The molecular weight excluding hydrogens is 238 g/mol. The second kappa shape index (κ2) is 4.40. The first-order valence-corrected chi connectivity index (χ1v) is 5.83. The molecule has 0 fully saturated rings. The summed E-state index contributed by atoms with van der Waals surface area (Å²) < 4.78 is 31.3. The fourth-order valence-corrected chi connectivity index (χ4v) is 2.28. The number of hydrogen-bond acceptors (Lipinski definition) is 3. The van der Waals surface area contributed by atoms with E-state index < -0.39 is 6.43 Å². The highest BCUT2D eigenvalue weighted by atomic mass is 19.3. The highest BCUT2D eigenvalue weighted by Gasteiger charge is 2.20. The number of oxazole rings is 1. The number of anilines is 1. The van der Waals surface area contributed by atoms with Gasteiger partial charge in [-0.05, 0) is 30.5 Å². The highest BCUT2D eigenvalue weighted by Crippen LogP contribution is 2.36. The van der Waals surface area contributed by atoms with Crippen LogP contribution in [-0.2, 0) is 6.42 Å². The lowest BCUT2D eigenvalue weighted by molar-refractivity contribution is 0.152. The van der Waals surface area contributed by atoms with Crippen molar-refractivity contribution in [3.05, 3.63) is 35.9 Å². The fraction of sp³-hybridized carbons (Fsp3) is 0.308. The quantitative estimate of drug-likeness (QED) is 0.884. The van der Waals surface area contributed by atoms with Gasteiger partial charge in [0.1, 0.15) is 0 Å². The van der Waals surface area contributed by atoms with Gasteiger partial charge in [0.2, 0.25) is 0 Å². The molecule has 0 unspecified atom stereocenters. The van der Waals surface area contributed by atoms with Crippen LogP contribution < -0.4 is 5.32 Å². The van der Waals surface area contributed by atoms with Crippen LogP contribution in [0.5, 0.6) is 0 Å². The summed E-state index contributed by atoms with van der Waals surface area (Å²) in [5.74, 6) is 0.388. The second-order valence-electron chi connectivity index (χ2n) is 4.29. The van der Waals surface area contributed by atoms with Crippen LogP contribution in [0.3, 0.4) is 0 Å². The van der Waals surface area contributed by atoms with Crippen molar-refractivity contribution in [2.75, 3.05) is 11.9 Å². The van der Waals surface area contributed by atoms with E-state index in [-0.39, 0.29) is 5.56 Å². The Balaban J connectivity index is 2.16. The molecule has 5 heteroatoms. The van der Waals surface area contributed by atoms with E-state index in [4.69, 9.17) is 4.42 Å². The lowest BCUT2D eigenvalue weighted by Gasteiger charge is -2.20. The SMILES string of the molecule is FC(F)c1cc2c(cc1-c1cnco1)CCCN2. The van der Waals surface area contributed by atoms with Crippen LogP contribution in [0.2, 0.25) is 0 Å². The van der Waals surface area contributed by atoms with Gasteiger partial charge in [0, 0.05) is 23.4 Å². The third-order valence-corrected chi connectivity index (χ3v) is 3.15. The molecule has 2 aromatic rings. The zero-order valence-electron chi connectivity index (χ0n) is 9.62. The summed E-state index contributed by atoms with van der Waals surface area (Å²) in [7, 11) is 0. The number of nitrogens with one attached hydrogen (secondary N) is 1. The lowest BCUT2D eigenvalue weighted by atomic mass is 9.96. The van der Waals surface area contributed by atoms with Gasteiger partial charge in [-0.3, -0.25) is 0 Å². The summed E-state index contributed by atoms with van der Waals surface area (Å²) in [5, 5.41) is 3.15. The van der Waals surface area contributed by atoms with Crippen LogP contribution in [0.4, 0.5) is 14.5 Å². The molecule has 1 N–H and O–H groups in total. The number of alkyl halides is 2.